The summed E-state index contributed by atoms with van der Waals surface area (Å²) in [6, 6.07) is 0. The van der Waals surface area contributed by atoms with Gasteiger partial charge < -0.3 is 10.0 Å². The largest absolute Gasteiger partial charge is 0.378 e. The van der Waals surface area contributed by atoms with Crippen LogP contribution in [-0.4, -0.2) is 53.9 Å². The van der Waals surface area contributed by atoms with E-state index in [0.717, 1.165) is 13.1 Å². The van der Waals surface area contributed by atoms with Gasteiger partial charge in [0.05, 0.1) is 0 Å². The zero-order valence-corrected chi connectivity index (χ0v) is 15.1. The topological polar surface area (TPSA) is 26.7 Å². The molecule has 0 aromatic heterocycles. The van der Waals surface area contributed by atoms with Crippen LogP contribution in [0.15, 0.2) is 11.6 Å². The SMILES string of the molecule is CC(C)=CCCN1CCC2(CC1)CCN(C(O)C(C)C)CC2. The van der Waals surface area contributed by atoms with E-state index < -0.39 is 0 Å². The van der Waals surface area contributed by atoms with Crippen LogP contribution in [0.2, 0.25) is 0 Å². The van der Waals surface area contributed by atoms with Gasteiger partial charge in [-0.25, -0.2) is 0 Å². The summed E-state index contributed by atoms with van der Waals surface area (Å²) in [7, 11) is 0. The van der Waals surface area contributed by atoms with Gasteiger partial charge in [-0.05, 0) is 70.4 Å². The van der Waals surface area contributed by atoms with Gasteiger partial charge in [-0.2, -0.15) is 0 Å². The van der Waals surface area contributed by atoms with E-state index in [1.165, 1.54) is 57.3 Å². The van der Waals surface area contributed by atoms with Gasteiger partial charge >= 0.3 is 0 Å². The lowest BCUT2D eigenvalue weighted by molar-refractivity contribution is -0.0699. The summed E-state index contributed by atoms with van der Waals surface area (Å²) in [6.45, 7) is 14.5. The molecule has 1 unspecified atom stereocenters. The fourth-order valence-corrected chi connectivity index (χ4v) is 3.97. The van der Waals surface area contributed by atoms with E-state index in [9.17, 15) is 5.11 Å². The van der Waals surface area contributed by atoms with Crippen LogP contribution in [-0.2, 0) is 0 Å². The number of likely N-dealkylation sites (tertiary alicyclic amines) is 2. The highest BCUT2D eigenvalue weighted by atomic mass is 16.3. The number of hydrogen-bond acceptors (Lipinski definition) is 3. The molecule has 2 saturated heterocycles. The maximum Gasteiger partial charge on any atom is 0.109 e. The van der Waals surface area contributed by atoms with Gasteiger partial charge in [0.15, 0.2) is 0 Å². The first-order valence-electron chi connectivity index (χ1n) is 9.20. The zero-order chi connectivity index (χ0) is 16.2. The molecule has 3 heteroatoms. The second kappa shape index (κ2) is 7.94. The number of nitrogens with zero attached hydrogens (tertiary/aromatic N) is 2. The molecular weight excluding hydrogens is 272 g/mol. The molecule has 0 amide bonds. The Hall–Kier alpha value is -0.380. The van der Waals surface area contributed by atoms with Crippen LogP contribution in [0.5, 0.6) is 0 Å². The quantitative estimate of drug-likeness (QED) is 0.788. The maximum atomic E-state index is 10.2. The first-order valence-corrected chi connectivity index (χ1v) is 9.20. The predicted octanol–water partition coefficient (Wildman–Crippen LogP) is 3.50. The molecule has 2 fully saturated rings. The Balaban J connectivity index is 1.74. The van der Waals surface area contributed by atoms with Crippen LogP contribution < -0.4 is 0 Å². The number of aliphatic hydroxyl groups excluding tert-OH is 1. The molecule has 0 bridgehead atoms. The molecule has 0 aromatic rings. The lowest BCUT2D eigenvalue weighted by Gasteiger charge is -2.48. The third kappa shape index (κ3) is 4.81. The van der Waals surface area contributed by atoms with Crippen molar-refractivity contribution < 1.29 is 5.11 Å². The van der Waals surface area contributed by atoms with Crippen molar-refractivity contribution in [1.29, 1.82) is 0 Å². The average molecular weight is 309 g/mol. The number of allylic oxidation sites excluding steroid dienone is 1. The summed E-state index contributed by atoms with van der Waals surface area (Å²) in [4.78, 5) is 4.93. The van der Waals surface area contributed by atoms with Crippen LogP contribution in [0.3, 0.4) is 0 Å². The van der Waals surface area contributed by atoms with Crippen LogP contribution >= 0.6 is 0 Å². The monoisotopic (exact) mass is 308 g/mol. The number of hydrogen-bond donors (Lipinski definition) is 1. The molecule has 2 aliphatic rings. The van der Waals surface area contributed by atoms with Crippen molar-refractivity contribution in [3.8, 4) is 0 Å². The van der Waals surface area contributed by atoms with Crippen molar-refractivity contribution in [3.63, 3.8) is 0 Å². The molecule has 0 saturated carbocycles. The molecule has 0 radical (unpaired) electrons. The highest BCUT2D eigenvalue weighted by Crippen LogP contribution is 2.41. The summed E-state index contributed by atoms with van der Waals surface area (Å²) < 4.78 is 0. The van der Waals surface area contributed by atoms with Gasteiger partial charge in [0.25, 0.3) is 0 Å². The molecule has 22 heavy (non-hydrogen) atoms. The minimum Gasteiger partial charge on any atom is -0.378 e. The van der Waals surface area contributed by atoms with Crippen LogP contribution in [0.1, 0.15) is 59.8 Å². The van der Waals surface area contributed by atoms with Crippen LogP contribution in [0.4, 0.5) is 0 Å². The van der Waals surface area contributed by atoms with Crippen LogP contribution in [0.25, 0.3) is 0 Å². The Morgan fingerprint density at radius 3 is 2.09 bits per heavy atom. The summed E-state index contributed by atoms with van der Waals surface area (Å²) >= 11 is 0. The second-order valence-corrected chi connectivity index (χ2v) is 8.11. The molecule has 1 spiro atoms. The Kier molecular flexibility index (Phi) is 6.48. The van der Waals surface area contributed by atoms with Crippen LogP contribution in [0, 0.1) is 11.3 Å². The molecule has 0 aromatic carbocycles. The van der Waals surface area contributed by atoms with Gasteiger partial charge in [0.2, 0.25) is 0 Å². The van der Waals surface area contributed by atoms with Crippen molar-refractivity contribution in [2.24, 2.45) is 11.3 Å². The number of aliphatic hydroxyl groups is 1. The van der Waals surface area contributed by atoms with E-state index in [2.05, 4.69) is 43.6 Å². The minimum atomic E-state index is -0.249. The highest BCUT2D eigenvalue weighted by Gasteiger charge is 2.38. The second-order valence-electron chi connectivity index (χ2n) is 8.11. The Labute approximate surface area is 137 Å². The van der Waals surface area contributed by atoms with E-state index in [1.807, 2.05) is 0 Å². The van der Waals surface area contributed by atoms with Crippen molar-refractivity contribution >= 4 is 0 Å². The molecule has 1 N–H and O–H groups in total. The average Bonchev–Trinajstić information content (AvgIpc) is 2.49. The van der Waals surface area contributed by atoms with Gasteiger partial charge in [-0.1, -0.05) is 25.5 Å². The first kappa shape index (κ1) is 18.0. The lowest BCUT2D eigenvalue weighted by atomic mass is 9.71. The molecule has 0 aliphatic carbocycles. The molecule has 2 aliphatic heterocycles. The van der Waals surface area contributed by atoms with E-state index in [-0.39, 0.29) is 6.23 Å². The lowest BCUT2D eigenvalue weighted by Crippen LogP contribution is -2.50. The van der Waals surface area contributed by atoms with Crippen molar-refractivity contribution in [1.82, 2.24) is 9.80 Å². The van der Waals surface area contributed by atoms with Gasteiger partial charge in [-0.3, -0.25) is 4.90 Å². The fraction of sp³-hybridized carbons (Fsp3) is 0.895. The Morgan fingerprint density at radius 2 is 1.59 bits per heavy atom. The van der Waals surface area contributed by atoms with E-state index >= 15 is 0 Å². The van der Waals surface area contributed by atoms with Gasteiger partial charge in [0, 0.05) is 19.6 Å². The zero-order valence-electron chi connectivity index (χ0n) is 15.1. The Morgan fingerprint density at radius 1 is 1.05 bits per heavy atom. The predicted molar refractivity (Wildman–Crippen MR) is 93.8 cm³/mol. The summed E-state index contributed by atoms with van der Waals surface area (Å²) in [5.74, 6) is 0.339. The summed E-state index contributed by atoms with van der Waals surface area (Å²) in [5.41, 5.74) is 2.00. The summed E-state index contributed by atoms with van der Waals surface area (Å²) in [6.07, 6.45) is 8.57. The van der Waals surface area contributed by atoms with Crippen molar-refractivity contribution in [2.75, 3.05) is 32.7 Å². The third-order valence-electron chi connectivity index (χ3n) is 5.74. The van der Waals surface area contributed by atoms with Crippen molar-refractivity contribution in [3.05, 3.63) is 11.6 Å². The third-order valence-corrected chi connectivity index (χ3v) is 5.74. The van der Waals surface area contributed by atoms with Crippen molar-refractivity contribution in [2.45, 2.75) is 66.0 Å². The number of piperidine rings is 2. The molecule has 128 valence electrons. The van der Waals surface area contributed by atoms with E-state index in [1.54, 1.807) is 0 Å². The normalized spacial score (nSPS) is 24.6. The maximum absolute atomic E-state index is 10.2. The van der Waals surface area contributed by atoms with E-state index in [0.29, 0.717) is 11.3 Å². The fourth-order valence-electron chi connectivity index (χ4n) is 3.97. The Bertz CT molecular complexity index is 356. The molecule has 2 rings (SSSR count). The molecule has 3 nitrogen and oxygen atoms in total. The van der Waals surface area contributed by atoms with Gasteiger partial charge in [0.1, 0.15) is 6.23 Å². The molecule has 2 heterocycles. The molecular formula is C19H36N2O. The highest BCUT2D eigenvalue weighted by molar-refractivity contribution is 4.95. The minimum absolute atomic E-state index is 0.249. The summed E-state index contributed by atoms with van der Waals surface area (Å²) in [5, 5.41) is 10.2. The molecule has 1 atom stereocenters. The van der Waals surface area contributed by atoms with E-state index in [4.69, 9.17) is 0 Å². The van der Waals surface area contributed by atoms with Gasteiger partial charge in [-0.15, -0.1) is 0 Å². The smallest absolute Gasteiger partial charge is 0.109 e. The first-order chi connectivity index (χ1) is 10.4. The number of rotatable bonds is 5. The standard InChI is InChI=1S/C19H36N2O/c1-16(2)6-5-11-20-12-7-19(8-13-20)9-14-21(15-10-19)18(22)17(3)4/h6,17-18,22H,5,7-15H2,1-4H3.